The van der Waals surface area contributed by atoms with Gasteiger partial charge in [0.25, 0.3) is 5.56 Å². The minimum absolute atomic E-state index is 0.264. The van der Waals surface area contributed by atoms with E-state index in [1.54, 1.807) is 6.08 Å². The molecule has 0 aliphatic carbocycles. The average Bonchev–Trinajstić information content (AvgIpc) is 3.16. The van der Waals surface area contributed by atoms with Crippen LogP contribution >= 0.6 is 0 Å². The third kappa shape index (κ3) is 2.95. The molecule has 3 heterocycles. The number of aromatic amines is 2. The predicted octanol–water partition coefficient (Wildman–Crippen LogP) is 3.05. The van der Waals surface area contributed by atoms with E-state index in [4.69, 9.17) is 5.73 Å². The van der Waals surface area contributed by atoms with Crippen molar-refractivity contribution in [3.05, 3.63) is 58.9 Å². The van der Waals surface area contributed by atoms with Crippen LogP contribution < -0.4 is 16.2 Å². The van der Waals surface area contributed by atoms with E-state index in [0.717, 1.165) is 53.8 Å². The number of fused-ring (bicyclic) bond motifs is 2. The Hall–Kier alpha value is -3.58. The zero-order valence-corrected chi connectivity index (χ0v) is 16.9. The molecule has 152 valence electrons. The maximum atomic E-state index is 12.8. The van der Waals surface area contributed by atoms with Crippen LogP contribution in [0.2, 0.25) is 0 Å². The molecule has 0 amide bonds. The van der Waals surface area contributed by atoms with Crippen LogP contribution in [0.4, 0.5) is 11.4 Å². The lowest BCUT2D eigenvalue weighted by molar-refractivity contribution is 0.313. The monoisotopic (exact) mass is 400 g/mol. The Morgan fingerprint density at radius 1 is 1.10 bits per heavy atom. The molecule has 5 rings (SSSR count). The van der Waals surface area contributed by atoms with E-state index in [2.05, 4.69) is 50.5 Å². The van der Waals surface area contributed by atoms with E-state index in [1.165, 1.54) is 0 Å². The molecule has 1 fully saturated rings. The Kier molecular flexibility index (Phi) is 4.33. The molecule has 0 radical (unpaired) electrons. The Morgan fingerprint density at radius 3 is 2.67 bits per heavy atom. The van der Waals surface area contributed by atoms with Crippen molar-refractivity contribution in [3.63, 3.8) is 0 Å². The number of nitrogens with two attached hydrogens (primary N) is 1. The third-order valence-corrected chi connectivity index (χ3v) is 5.90. The lowest BCUT2D eigenvalue weighted by Gasteiger charge is -2.34. The molecule has 0 saturated carbocycles. The molecular weight excluding hydrogens is 376 g/mol. The second kappa shape index (κ2) is 7.03. The van der Waals surface area contributed by atoms with Gasteiger partial charge in [0, 0.05) is 37.3 Å². The van der Waals surface area contributed by atoms with Gasteiger partial charge in [-0.05, 0) is 36.9 Å². The van der Waals surface area contributed by atoms with Crippen molar-refractivity contribution in [1.29, 1.82) is 0 Å². The summed E-state index contributed by atoms with van der Waals surface area (Å²) in [5.41, 5.74) is 11.4. The fourth-order valence-electron chi connectivity index (χ4n) is 4.19. The number of nitrogen functional groups attached to an aromatic ring is 1. The van der Waals surface area contributed by atoms with Gasteiger partial charge in [-0.3, -0.25) is 4.79 Å². The molecule has 0 spiro atoms. The van der Waals surface area contributed by atoms with Crippen LogP contribution in [0.5, 0.6) is 0 Å². The molecule has 1 aliphatic rings. The molecule has 2 aromatic carbocycles. The van der Waals surface area contributed by atoms with Crippen LogP contribution in [0, 0.1) is 0 Å². The second-order valence-electron chi connectivity index (χ2n) is 7.79. The Bertz CT molecular complexity index is 1330. The van der Waals surface area contributed by atoms with Crippen molar-refractivity contribution in [3.8, 4) is 11.4 Å². The van der Waals surface area contributed by atoms with Crippen molar-refractivity contribution in [2.45, 2.75) is 0 Å². The van der Waals surface area contributed by atoms with Gasteiger partial charge in [-0.25, -0.2) is 4.98 Å². The van der Waals surface area contributed by atoms with Gasteiger partial charge in [-0.15, -0.1) is 0 Å². The summed E-state index contributed by atoms with van der Waals surface area (Å²) in [5.74, 6) is 0.472. The highest BCUT2D eigenvalue weighted by molar-refractivity contribution is 6.02. The van der Waals surface area contributed by atoms with Gasteiger partial charge in [-0.2, -0.15) is 0 Å². The number of piperazine rings is 1. The Labute approximate surface area is 173 Å². The number of pyridine rings is 1. The molecule has 2 aromatic heterocycles. The minimum Gasteiger partial charge on any atom is -0.397 e. The van der Waals surface area contributed by atoms with Gasteiger partial charge >= 0.3 is 0 Å². The van der Waals surface area contributed by atoms with Crippen molar-refractivity contribution < 1.29 is 0 Å². The first kappa shape index (κ1) is 18.4. The van der Waals surface area contributed by atoms with Crippen LogP contribution in [-0.4, -0.2) is 53.1 Å². The smallest absolute Gasteiger partial charge is 0.261 e. The lowest BCUT2D eigenvalue weighted by Crippen LogP contribution is -2.44. The zero-order chi connectivity index (χ0) is 20.8. The molecule has 0 unspecified atom stereocenters. The number of likely N-dealkylation sites (N-methyl/N-ethyl adjacent to an activating group) is 1. The first-order valence-corrected chi connectivity index (χ1v) is 10.1. The van der Waals surface area contributed by atoms with Crippen LogP contribution in [0.25, 0.3) is 39.4 Å². The topological polar surface area (TPSA) is 94.0 Å². The average molecular weight is 400 g/mol. The molecule has 7 nitrogen and oxygen atoms in total. The third-order valence-electron chi connectivity index (χ3n) is 5.90. The Balaban J connectivity index is 1.62. The highest BCUT2D eigenvalue weighted by Gasteiger charge is 2.19. The van der Waals surface area contributed by atoms with E-state index >= 15 is 0 Å². The van der Waals surface area contributed by atoms with Crippen LogP contribution in [0.15, 0.2) is 47.8 Å². The molecule has 7 heteroatoms. The van der Waals surface area contributed by atoms with Crippen molar-refractivity contribution in [2.75, 3.05) is 43.9 Å². The second-order valence-corrected chi connectivity index (χ2v) is 7.79. The number of hydrogen-bond donors (Lipinski definition) is 3. The number of H-pyrrole nitrogens is 2. The van der Waals surface area contributed by atoms with Crippen molar-refractivity contribution in [1.82, 2.24) is 19.9 Å². The maximum absolute atomic E-state index is 12.8. The quantitative estimate of drug-likeness (QED) is 0.491. The molecule has 1 saturated heterocycles. The number of anilines is 2. The summed E-state index contributed by atoms with van der Waals surface area (Å²) < 4.78 is 0. The summed E-state index contributed by atoms with van der Waals surface area (Å²) in [4.78, 5) is 28.4. The summed E-state index contributed by atoms with van der Waals surface area (Å²) in [7, 11) is 2.14. The van der Waals surface area contributed by atoms with Gasteiger partial charge in [0.05, 0.1) is 22.2 Å². The van der Waals surface area contributed by atoms with Crippen LogP contribution in [0.3, 0.4) is 0 Å². The number of nitrogens with one attached hydrogen (secondary N) is 2. The molecule has 0 bridgehead atoms. The summed E-state index contributed by atoms with van der Waals surface area (Å²) in [6.45, 7) is 7.93. The normalized spacial score (nSPS) is 15.2. The SMILES string of the molecule is C=Cc1cccc2[nH]c(=O)c(-c3nc4ccc(N5CCN(C)CC5)cc4[nH]3)c(N)c12. The van der Waals surface area contributed by atoms with Gasteiger partial charge < -0.3 is 25.5 Å². The number of aromatic nitrogens is 3. The van der Waals surface area contributed by atoms with E-state index in [1.807, 2.05) is 24.3 Å². The predicted molar refractivity (Wildman–Crippen MR) is 124 cm³/mol. The standard InChI is InChI=1S/C23H24N6O/c1-3-14-5-4-6-17-19(14)21(24)20(23(30)27-17)22-25-16-8-7-15(13-18(16)26-22)29-11-9-28(2)10-12-29/h3-8,13H,1,9-12H2,2H3,(H,25,26)(H3,24,27,30). The summed E-state index contributed by atoms with van der Waals surface area (Å²) in [5, 5.41) is 0.778. The largest absolute Gasteiger partial charge is 0.397 e. The molecular formula is C23H24N6O. The number of rotatable bonds is 3. The van der Waals surface area contributed by atoms with E-state index in [-0.39, 0.29) is 5.56 Å². The molecule has 4 N–H and O–H groups in total. The first-order valence-electron chi connectivity index (χ1n) is 10.1. The maximum Gasteiger partial charge on any atom is 0.261 e. The number of nitrogens with zero attached hydrogens (tertiary/aromatic N) is 3. The van der Waals surface area contributed by atoms with Gasteiger partial charge in [-0.1, -0.05) is 24.8 Å². The van der Waals surface area contributed by atoms with Crippen molar-refractivity contribution in [2.24, 2.45) is 0 Å². The number of hydrogen-bond acceptors (Lipinski definition) is 5. The number of imidazole rings is 1. The minimum atomic E-state index is -0.264. The van der Waals surface area contributed by atoms with Gasteiger partial charge in [0.15, 0.2) is 0 Å². The molecule has 1 aliphatic heterocycles. The summed E-state index contributed by atoms with van der Waals surface area (Å²) in [6.07, 6.45) is 1.74. The molecule has 0 atom stereocenters. The zero-order valence-electron chi connectivity index (χ0n) is 16.9. The lowest BCUT2D eigenvalue weighted by atomic mass is 10.0. The summed E-state index contributed by atoms with van der Waals surface area (Å²) >= 11 is 0. The highest BCUT2D eigenvalue weighted by Crippen LogP contribution is 2.31. The van der Waals surface area contributed by atoms with E-state index < -0.39 is 0 Å². The van der Waals surface area contributed by atoms with Crippen LogP contribution in [-0.2, 0) is 0 Å². The van der Waals surface area contributed by atoms with Gasteiger partial charge in [0.2, 0.25) is 0 Å². The molecule has 30 heavy (non-hydrogen) atoms. The van der Waals surface area contributed by atoms with E-state index in [9.17, 15) is 4.79 Å². The van der Waals surface area contributed by atoms with Gasteiger partial charge in [0.1, 0.15) is 11.4 Å². The fraction of sp³-hybridized carbons (Fsp3) is 0.217. The summed E-state index contributed by atoms with van der Waals surface area (Å²) in [6, 6.07) is 11.8. The highest BCUT2D eigenvalue weighted by atomic mass is 16.1. The molecule has 4 aromatic rings. The Morgan fingerprint density at radius 2 is 1.90 bits per heavy atom. The van der Waals surface area contributed by atoms with Crippen molar-refractivity contribution >= 4 is 39.4 Å². The number of benzene rings is 2. The van der Waals surface area contributed by atoms with Crippen LogP contribution in [0.1, 0.15) is 5.56 Å². The first-order chi connectivity index (χ1) is 14.5. The van der Waals surface area contributed by atoms with E-state index in [0.29, 0.717) is 22.6 Å². The fourth-order valence-corrected chi connectivity index (χ4v) is 4.19.